The molecule has 3 nitrogen and oxygen atoms in total. The second kappa shape index (κ2) is 5.02. The maximum Gasteiger partial charge on any atom is 0.317 e. The van der Waals surface area contributed by atoms with Gasteiger partial charge < -0.3 is 9.84 Å². The van der Waals surface area contributed by atoms with Crippen LogP contribution in [0, 0.1) is 11.8 Å². The molecule has 1 heterocycles. The van der Waals surface area contributed by atoms with Gasteiger partial charge in [0.05, 0.1) is 12.0 Å². The smallest absolute Gasteiger partial charge is 0.317 e. The summed E-state index contributed by atoms with van der Waals surface area (Å²) in [5, 5.41) is 10.2. The molecule has 0 aromatic heterocycles. The first-order valence-electron chi connectivity index (χ1n) is 6.59. The van der Waals surface area contributed by atoms with Crippen LogP contribution in [-0.2, 0) is 9.53 Å². The maximum absolute atomic E-state index is 11.8. The van der Waals surface area contributed by atoms with Gasteiger partial charge in [0.25, 0.3) is 0 Å². The lowest BCUT2D eigenvalue weighted by molar-refractivity contribution is -0.141. The zero-order chi connectivity index (χ0) is 13.2. The summed E-state index contributed by atoms with van der Waals surface area (Å²) < 4.78 is 5.20. The molecule has 98 valence electrons. The number of fused-ring (bicyclic) bond motifs is 1. The molecule has 1 aliphatic heterocycles. The van der Waals surface area contributed by atoms with E-state index in [1.54, 1.807) is 6.08 Å². The normalized spacial score (nSPS) is 27.2. The van der Waals surface area contributed by atoms with Crippen molar-refractivity contribution in [2.45, 2.75) is 18.9 Å². The molecular weight excluding hydrogens is 240 g/mol. The maximum atomic E-state index is 11.8. The van der Waals surface area contributed by atoms with Crippen LogP contribution >= 0.6 is 0 Å². The molecule has 1 aromatic carbocycles. The Bertz CT molecular complexity index is 530. The van der Waals surface area contributed by atoms with Gasteiger partial charge >= 0.3 is 5.97 Å². The van der Waals surface area contributed by atoms with E-state index in [9.17, 15) is 9.90 Å². The number of esters is 1. The quantitative estimate of drug-likeness (QED) is 0.845. The molecule has 0 bridgehead atoms. The number of hydrogen-bond acceptors (Lipinski definition) is 3. The highest BCUT2D eigenvalue weighted by atomic mass is 16.5. The zero-order valence-electron chi connectivity index (χ0n) is 10.5. The summed E-state index contributed by atoms with van der Waals surface area (Å²) >= 11 is 0. The summed E-state index contributed by atoms with van der Waals surface area (Å²) in [4.78, 5) is 11.8. The Kier molecular flexibility index (Phi) is 3.22. The molecule has 1 aromatic rings. The molecule has 0 radical (unpaired) electrons. The molecule has 1 saturated heterocycles. The highest BCUT2D eigenvalue weighted by Gasteiger charge is 2.45. The van der Waals surface area contributed by atoms with Gasteiger partial charge in [-0.3, -0.25) is 4.79 Å². The number of carbonyl (C=O) groups is 1. The van der Waals surface area contributed by atoms with E-state index in [1.807, 2.05) is 42.5 Å². The Morgan fingerprint density at radius 2 is 2.11 bits per heavy atom. The standard InChI is InChI=1S/C16H16O3/c17-13(10-9-11-5-2-1-3-6-11)15-12-7-4-8-14(12)19-16(15)18/h1-3,5-6,8-10,12-13,15,17H,4,7H2. The van der Waals surface area contributed by atoms with Crippen molar-refractivity contribution < 1.29 is 14.6 Å². The summed E-state index contributed by atoms with van der Waals surface area (Å²) in [5.41, 5.74) is 1.01. The Morgan fingerprint density at radius 3 is 2.89 bits per heavy atom. The van der Waals surface area contributed by atoms with Crippen LogP contribution in [0.25, 0.3) is 6.08 Å². The summed E-state index contributed by atoms with van der Waals surface area (Å²) in [5.74, 6) is 0.0555. The minimum absolute atomic E-state index is 0.0583. The van der Waals surface area contributed by atoms with Gasteiger partial charge in [-0.15, -0.1) is 0 Å². The van der Waals surface area contributed by atoms with E-state index in [0.29, 0.717) is 0 Å². The van der Waals surface area contributed by atoms with E-state index in [2.05, 4.69) is 0 Å². The minimum Gasteiger partial charge on any atom is -0.431 e. The van der Waals surface area contributed by atoms with Gasteiger partial charge in [0.1, 0.15) is 5.76 Å². The van der Waals surface area contributed by atoms with Crippen LogP contribution in [0.2, 0.25) is 0 Å². The molecule has 1 N–H and O–H groups in total. The van der Waals surface area contributed by atoms with Gasteiger partial charge in [-0.1, -0.05) is 42.5 Å². The third-order valence-corrected chi connectivity index (χ3v) is 3.77. The highest BCUT2D eigenvalue weighted by molar-refractivity contribution is 5.79. The fraction of sp³-hybridized carbons (Fsp3) is 0.312. The molecule has 3 unspecified atom stereocenters. The average molecular weight is 256 g/mol. The van der Waals surface area contributed by atoms with Crippen molar-refractivity contribution in [3.8, 4) is 0 Å². The van der Waals surface area contributed by atoms with E-state index < -0.39 is 12.0 Å². The van der Waals surface area contributed by atoms with E-state index in [-0.39, 0.29) is 11.9 Å². The number of hydrogen-bond donors (Lipinski definition) is 1. The van der Waals surface area contributed by atoms with Crippen LogP contribution in [0.5, 0.6) is 0 Å². The topological polar surface area (TPSA) is 46.5 Å². The van der Waals surface area contributed by atoms with E-state index in [1.165, 1.54) is 0 Å². The van der Waals surface area contributed by atoms with Crippen molar-refractivity contribution in [3.05, 3.63) is 53.8 Å². The zero-order valence-corrected chi connectivity index (χ0v) is 10.5. The van der Waals surface area contributed by atoms with Gasteiger partial charge in [-0.25, -0.2) is 0 Å². The monoisotopic (exact) mass is 256 g/mol. The molecule has 2 aliphatic rings. The van der Waals surface area contributed by atoms with Crippen LogP contribution in [0.3, 0.4) is 0 Å². The summed E-state index contributed by atoms with van der Waals surface area (Å²) in [7, 11) is 0. The van der Waals surface area contributed by atoms with Gasteiger partial charge in [-0.2, -0.15) is 0 Å². The summed E-state index contributed by atoms with van der Waals surface area (Å²) in [6.45, 7) is 0. The Hall–Kier alpha value is -1.87. The van der Waals surface area contributed by atoms with Crippen molar-refractivity contribution in [2.75, 3.05) is 0 Å². The van der Waals surface area contributed by atoms with Crippen LogP contribution in [-0.4, -0.2) is 17.2 Å². The van der Waals surface area contributed by atoms with Crippen molar-refractivity contribution in [3.63, 3.8) is 0 Å². The van der Waals surface area contributed by atoms with E-state index in [0.717, 1.165) is 24.2 Å². The second-order valence-corrected chi connectivity index (χ2v) is 5.00. The highest BCUT2D eigenvalue weighted by Crippen LogP contribution is 2.41. The molecule has 0 saturated carbocycles. The number of ether oxygens (including phenoxy) is 1. The molecule has 1 aliphatic carbocycles. The first-order valence-corrected chi connectivity index (χ1v) is 6.59. The Morgan fingerprint density at radius 1 is 1.32 bits per heavy atom. The SMILES string of the molecule is O=C1OC2=CCCC2C1C(O)C=Cc1ccccc1. The Labute approximate surface area is 112 Å². The number of carbonyl (C=O) groups excluding carboxylic acids is 1. The van der Waals surface area contributed by atoms with Crippen LogP contribution in [0.15, 0.2) is 48.2 Å². The molecule has 0 spiro atoms. The molecule has 0 amide bonds. The number of benzene rings is 1. The Balaban J connectivity index is 1.74. The van der Waals surface area contributed by atoms with Crippen LogP contribution < -0.4 is 0 Å². The van der Waals surface area contributed by atoms with Crippen molar-refractivity contribution in [1.29, 1.82) is 0 Å². The van der Waals surface area contributed by atoms with E-state index in [4.69, 9.17) is 4.74 Å². The predicted molar refractivity (Wildman–Crippen MR) is 71.9 cm³/mol. The van der Waals surface area contributed by atoms with Gasteiger partial charge in [0.15, 0.2) is 0 Å². The van der Waals surface area contributed by atoms with E-state index >= 15 is 0 Å². The summed E-state index contributed by atoms with van der Waals surface area (Å²) in [6, 6.07) is 9.73. The molecule has 3 heteroatoms. The lowest BCUT2D eigenvalue weighted by Crippen LogP contribution is -2.27. The number of aliphatic hydroxyl groups excluding tert-OH is 1. The van der Waals surface area contributed by atoms with Crippen molar-refractivity contribution in [2.24, 2.45) is 11.8 Å². The number of aliphatic hydroxyl groups is 1. The van der Waals surface area contributed by atoms with Crippen molar-refractivity contribution in [1.82, 2.24) is 0 Å². The van der Waals surface area contributed by atoms with Crippen molar-refractivity contribution >= 4 is 12.0 Å². The first-order chi connectivity index (χ1) is 9.25. The molecule has 1 fully saturated rings. The minimum atomic E-state index is -0.790. The average Bonchev–Trinajstić information content (AvgIpc) is 2.97. The number of rotatable bonds is 3. The van der Waals surface area contributed by atoms with Crippen LogP contribution in [0.4, 0.5) is 0 Å². The molecule has 3 atom stereocenters. The fourth-order valence-electron chi connectivity index (χ4n) is 2.79. The predicted octanol–water partition coefficient (Wildman–Crippen LogP) is 2.53. The van der Waals surface area contributed by atoms with Gasteiger partial charge in [0.2, 0.25) is 0 Å². The lowest BCUT2D eigenvalue weighted by atomic mass is 9.88. The lowest BCUT2D eigenvalue weighted by Gasteiger charge is -2.15. The molecule has 19 heavy (non-hydrogen) atoms. The third kappa shape index (κ3) is 2.34. The summed E-state index contributed by atoms with van der Waals surface area (Å²) in [6.07, 6.45) is 6.51. The van der Waals surface area contributed by atoms with Gasteiger partial charge in [0, 0.05) is 5.92 Å². The van der Waals surface area contributed by atoms with Gasteiger partial charge in [-0.05, 0) is 24.5 Å². The number of allylic oxidation sites excluding steroid dienone is 2. The molecule has 3 rings (SSSR count). The molecular formula is C16H16O3. The fourth-order valence-corrected chi connectivity index (χ4v) is 2.79. The third-order valence-electron chi connectivity index (χ3n) is 3.77. The first kappa shape index (κ1) is 12.2. The largest absolute Gasteiger partial charge is 0.431 e. The van der Waals surface area contributed by atoms with Crippen LogP contribution in [0.1, 0.15) is 18.4 Å². The second-order valence-electron chi connectivity index (χ2n) is 5.00.